The van der Waals surface area contributed by atoms with Crippen LogP contribution in [0.25, 0.3) is 0 Å². The monoisotopic (exact) mass is 368 g/mol. The maximum absolute atomic E-state index is 12.6. The van der Waals surface area contributed by atoms with Gasteiger partial charge in [-0.25, -0.2) is 9.78 Å². The van der Waals surface area contributed by atoms with Crippen LogP contribution in [0.4, 0.5) is 9.93 Å². The number of carbonyl (C=O) groups is 1. The van der Waals surface area contributed by atoms with Crippen LogP contribution in [0.3, 0.4) is 0 Å². The van der Waals surface area contributed by atoms with E-state index >= 15 is 0 Å². The number of thiazole rings is 1. The van der Waals surface area contributed by atoms with E-state index in [0.29, 0.717) is 17.8 Å². The van der Waals surface area contributed by atoms with Gasteiger partial charge in [0.2, 0.25) is 0 Å². The van der Waals surface area contributed by atoms with Gasteiger partial charge in [-0.2, -0.15) is 0 Å². The number of carbonyl (C=O) groups excluding carboxylic acids is 1. The van der Waals surface area contributed by atoms with E-state index in [1.807, 2.05) is 4.90 Å². The number of nitrogens with zero attached hydrogens (tertiary/aromatic N) is 2. The van der Waals surface area contributed by atoms with Gasteiger partial charge >= 0.3 is 6.03 Å². The first-order valence-corrected chi connectivity index (χ1v) is 10.4. The lowest BCUT2D eigenvalue weighted by molar-refractivity contribution is 0.219. The van der Waals surface area contributed by atoms with E-state index in [2.05, 4.69) is 41.0 Å². The second kappa shape index (κ2) is 6.67. The van der Waals surface area contributed by atoms with Crippen LogP contribution >= 0.6 is 11.3 Å². The molecule has 2 aromatic rings. The van der Waals surface area contributed by atoms with Gasteiger partial charge in [0, 0.05) is 31.1 Å². The molecule has 0 bridgehead atoms. The average molecular weight is 369 g/mol. The summed E-state index contributed by atoms with van der Waals surface area (Å²) in [6, 6.07) is 10.8. The molecule has 1 unspecified atom stereocenters. The van der Waals surface area contributed by atoms with Gasteiger partial charge in [0.15, 0.2) is 5.13 Å². The Kier molecular flexibility index (Phi) is 4.17. The van der Waals surface area contributed by atoms with Crippen LogP contribution in [0.2, 0.25) is 0 Å². The molecule has 2 saturated heterocycles. The maximum Gasteiger partial charge on any atom is 0.323 e. The Balaban J connectivity index is 1.25. The molecular weight excluding hydrogens is 344 g/mol. The van der Waals surface area contributed by atoms with Crippen molar-refractivity contribution < 1.29 is 4.79 Å². The third-order valence-corrected chi connectivity index (χ3v) is 7.14. The molecule has 5 rings (SSSR count). The lowest BCUT2D eigenvalue weighted by Gasteiger charge is -2.21. The van der Waals surface area contributed by atoms with Crippen molar-refractivity contribution in [1.82, 2.24) is 15.2 Å². The van der Waals surface area contributed by atoms with E-state index in [4.69, 9.17) is 4.98 Å². The number of aromatic nitrogens is 1. The van der Waals surface area contributed by atoms with E-state index in [9.17, 15) is 4.79 Å². The highest BCUT2D eigenvalue weighted by Crippen LogP contribution is 2.37. The molecule has 2 N–H and O–H groups in total. The van der Waals surface area contributed by atoms with Gasteiger partial charge in [0.05, 0.1) is 5.69 Å². The Morgan fingerprint density at radius 2 is 1.96 bits per heavy atom. The standard InChI is InChI=1S/C20H24N4OS/c25-20(24-11-15-9-21-10-16(15)12-24)23-19-22-17-7-6-14(8-18(17)26-19)13-4-2-1-3-5-13/h1-5,14-16,21H,6-12H2,(H,22,23,25)/t14?,15-,16+. The molecule has 3 heterocycles. The molecule has 2 fully saturated rings. The first kappa shape index (κ1) is 16.3. The van der Waals surface area contributed by atoms with Gasteiger partial charge in [-0.3, -0.25) is 5.32 Å². The second-order valence-corrected chi connectivity index (χ2v) is 8.84. The van der Waals surface area contributed by atoms with Crippen molar-refractivity contribution in [3.8, 4) is 0 Å². The van der Waals surface area contributed by atoms with Crippen LogP contribution in [-0.2, 0) is 12.8 Å². The van der Waals surface area contributed by atoms with Crippen LogP contribution in [0.1, 0.15) is 28.5 Å². The molecule has 3 aliphatic rings. The molecule has 1 aromatic heterocycles. The molecule has 3 atom stereocenters. The number of hydrogen-bond donors (Lipinski definition) is 2. The van der Waals surface area contributed by atoms with Crippen LogP contribution in [-0.4, -0.2) is 42.1 Å². The summed E-state index contributed by atoms with van der Waals surface area (Å²) in [6.07, 6.45) is 3.17. The Bertz CT molecular complexity index is 793. The number of anilines is 1. The van der Waals surface area contributed by atoms with Crippen molar-refractivity contribution in [2.45, 2.75) is 25.2 Å². The number of rotatable bonds is 2. The topological polar surface area (TPSA) is 57.3 Å². The quantitative estimate of drug-likeness (QED) is 0.856. The first-order chi connectivity index (χ1) is 12.8. The van der Waals surface area contributed by atoms with Gasteiger partial charge in [-0.05, 0) is 42.6 Å². The molecule has 6 heteroatoms. The van der Waals surface area contributed by atoms with Gasteiger partial charge in [0.1, 0.15) is 0 Å². The summed E-state index contributed by atoms with van der Waals surface area (Å²) in [6.45, 7) is 3.82. The van der Waals surface area contributed by atoms with Crippen LogP contribution in [0, 0.1) is 11.8 Å². The number of hydrogen-bond acceptors (Lipinski definition) is 4. The summed E-state index contributed by atoms with van der Waals surface area (Å²) in [4.78, 5) is 20.6. The lowest BCUT2D eigenvalue weighted by atomic mass is 9.85. The van der Waals surface area contributed by atoms with E-state index < -0.39 is 0 Å². The third kappa shape index (κ3) is 3.01. The summed E-state index contributed by atoms with van der Waals surface area (Å²) in [5, 5.41) is 7.24. The summed E-state index contributed by atoms with van der Waals surface area (Å²) in [5.74, 6) is 1.81. The molecule has 5 nitrogen and oxygen atoms in total. The fourth-order valence-corrected chi connectivity index (χ4v) is 5.71. The van der Waals surface area contributed by atoms with E-state index in [0.717, 1.165) is 50.6 Å². The van der Waals surface area contributed by atoms with E-state index in [-0.39, 0.29) is 6.03 Å². The predicted octanol–water partition coefficient (Wildman–Crippen LogP) is 3.10. The number of urea groups is 1. The largest absolute Gasteiger partial charge is 0.324 e. The van der Waals surface area contributed by atoms with Crippen molar-refractivity contribution in [3.05, 3.63) is 46.5 Å². The van der Waals surface area contributed by atoms with Crippen molar-refractivity contribution in [2.75, 3.05) is 31.5 Å². The minimum atomic E-state index is 0.0186. The third-order valence-electron chi connectivity index (χ3n) is 6.10. The minimum Gasteiger partial charge on any atom is -0.324 e. The highest BCUT2D eigenvalue weighted by atomic mass is 32.1. The molecule has 26 heavy (non-hydrogen) atoms. The maximum atomic E-state index is 12.6. The smallest absolute Gasteiger partial charge is 0.323 e. The zero-order valence-electron chi connectivity index (χ0n) is 14.8. The lowest BCUT2D eigenvalue weighted by Crippen LogP contribution is -2.35. The number of amides is 2. The van der Waals surface area contributed by atoms with Crippen molar-refractivity contribution >= 4 is 22.5 Å². The van der Waals surface area contributed by atoms with Gasteiger partial charge in [0.25, 0.3) is 0 Å². The van der Waals surface area contributed by atoms with Crippen LogP contribution in [0.15, 0.2) is 30.3 Å². The normalized spacial score (nSPS) is 27.2. The molecule has 0 radical (unpaired) electrons. The average Bonchev–Trinajstić information content (AvgIpc) is 3.35. The molecule has 2 aliphatic heterocycles. The fraction of sp³-hybridized carbons (Fsp3) is 0.500. The molecule has 2 amide bonds. The highest BCUT2D eigenvalue weighted by molar-refractivity contribution is 7.15. The van der Waals surface area contributed by atoms with Gasteiger partial charge in [-0.1, -0.05) is 30.3 Å². The number of aryl methyl sites for hydroxylation is 1. The zero-order chi connectivity index (χ0) is 17.5. The van der Waals surface area contributed by atoms with Crippen LogP contribution in [0.5, 0.6) is 0 Å². The Morgan fingerprint density at radius 1 is 1.19 bits per heavy atom. The SMILES string of the molecule is O=C(Nc1nc2c(s1)CC(c1ccccc1)CC2)N1C[C@H]2CNC[C@H]2C1. The van der Waals surface area contributed by atoms with Gasteiger partial charge in [-0.15, -0.1) is 11.3 Å². The summed E-state index contributed by atoms with van der Waals surface area (Å²) < 4.78 is 0. The van der Waals surface area contributed by atoms with Crippen molar-refractivity contribution in [3.63, 3.8) is 0 Å². The van der Waals surface area contributed by atoms with Crippen LogP contribution < -0.4 is 10.6 Å². The second-order valence-electron chi connectivity index (χ2n) is 7.75. The van der Waals surface area contributed by atoms with E-state index in [1.54, 1.807) is 11.3 Å². The highest BCUT2D eigenvalue weighted by Gasteiger charge is 2.38. The van der Waals surface area contributed by atoms with E-state index in [1.165, 1.54) is 16.1 Å². The minimum absolute atomic E-state index is 0.0186. The molecule has 0 saturated carbocycles. The molecule has 0 spiro atoms. The van der Waals surface area contributed by atoms with Crippen molar-refractivity contribution in [1.29, 1.82) is 0 Å². The number of nitrogens with one attached hydrogen (secondary N) is 2. The Labute approximate surface area is 157 Å². The first-order valence-electron chi connectivity index (χ1n) is 9.56. The fourth-order valence-electron chi connectivity index (χ4n) is 4.63. The molecule has 1 aromatic carbocycles. The van der Waals surface area contributed by atoms with Gasteiger partial charge < -0.3 is 10.2 Å². The summed E-state index contributed by atoms with van der Waals surface area (Å²) >= 11 is 1.66. The Morgan fingerprint density at radius 3 is 2.73 bits per heavy atom. The van der Waals surface area contributed by atoms with Crippen molar-refractivity contribution in [2.24, 2.45) is 11.8 Å². The predicted molar refractivity (Wildman–Crippen MR) is 104 cm³/mol. The molecule has 1 aliphatic carbocycles. The summed E-state index contributed by atoms with van der Waals surface area (Å²) in [5.41, 5.74) is 2.59. The zero-order valence-corrected chi connectivity index (χ0v) is 15.6. The molecule has 136 valence electrons. The number of likely N-dealkylation sites (tertiary alicyclic amines) is 1. The number of fused-ring (bicyclic) bond motifs is 2. The number of benzene rings is 1. The Hall–Kier alpha value is -1.92. The molecular formula is C20H24N4OS. The summed E-state index contributed by atoms with van der Waals surface area (Å²) in [7, 11) is 0.